The van der Waals surface area contributed by atoms with E-state index >= 15 is 0 Å². The summed E-state index contributed by atoms with van der Waals surface area (Å²) in [5.74, 6) is 0.284. The van der Waals surface area contributed by atoms with Gasteiger partial charge in [0.2, 0.25) is 0 Å². The molecule has 2 rings (SSSR count). The van der Waals surface area contributed by atoms with Gasteiger partial charge in [-0.05, 0) is 53.4 Å². The Kier molecular flexibility index (Phi) is 3.82. The predicted molar refractivity (Wildman–Crippen MR) is 68.4 cm³/mol. The van der Waals surface area contributed by atoms with Gasteiger partial charge in [0.15, 0.2) is 0 Å². The van der Waals surface area contributed by atoms with Crippen LogP contribution < -0.4 is 5.32 Å². The van der Waals surface area contributed by atoms with Crippen molar-refractivity contribution in [1.29, 1.82) is 0 Å². The molecule has 0 heterocycles. The molecule has 1 aliphatic carbocycles. The average Bonchev–Trinajstić information content (AvgIpc) is 3.00. The van der Waals surface area contributed by atoms with Crippen LogP contribution in [0.25, 0.3) is 0 Å². The van der Waals surface area contributed by atoms with Gasteiger partial charge in [-0.2, -0.15) is 0 Å². The summed E-state index contributed by atoms with van der Waals surface area (Å²) in [5.41, 5.74) is 0.481. The number of rotatable bonds is 4. The Hall–Kier alpha value is -0.900. The number of amides is 1. The number of hydrogen-bond acceptors (Lipinski definition) is 1. The van der Waals surface area contributed by atoms with Gasteiger partial charge in [0.1, 0.15) is 5.82 Å². The van der Waals surface area contributed by atoms with Gasteiger partial charge in [0, 0.05) is 10.5 Å². The number of benzene rings is 1. The molecule has 17 heavy (non-hydrogen) atoms. The number of halogens is 2. The van der Waals surface area contributed by atoms with Gasteiger partial charge in [-0.25, -0.2) is 4.39 Å². The zero-order valence-electron chi connectivity index (χ0n) is 9.67. The summed E-state index contributed by atoms with van der Waals surface area (Å²) in [6.45, 7) is 2.01. The number of nitrogens with one attached hydrogen (secondary N) is 1. The van der Waals surface area contributed by atoms with Crippen LogP contribution in [0.2, 0.25) is 0 Å². The summed E-state index contributed by atoms with van der Waals surface area (Å²) in [7, 11) is 0. The van der Waals surface area contributed by atoms with Crippen LogP contribution in [0.1, 0.15) is 36.5 Å². The van der Waals surface area contributed by atoms with E-state index in [0.29, 0.717) is 10.0 Å². The summed E-state index contributed by atoms with van der Waals surface area (Å²) in [6.07, 6.45) is 3.59. The number of carbonyl (C=O) groups excluding carboxylic acids is 1. The second-order valence-electron chi connectivity index (χ2n) is 4.68. The molecule has 2 nitrogen and oxygen atoms in total. The molecule has 92 valence electrons. The van der Waals surface area contributed by atoms with Crippen molar-refractivity contribution in [3.63, 3.8) is 0 Å². The van der Waals surface area contributed by atoms with Crippen LogP contribution in [0.15, 0.2) is 22.7 Å². The Morgan fingerprint density at radius 2 is 2.29 bits per heavy atom. The van der Waals surface area contributed by atoms with E-state index in [9.17, 15) is 9.18 Å². The lowest BCUT2D eigenvalue weighted by atomic mass is 10.1. The third-order valence-corrected chi connectivity index (χ3v) is 3.59. The highest BCUT2D eigenvalue weighted by Gasteiger charge is 2.24. The first-order chi connectivity index (χ1) is 8.06. The van der Waals surface area contributed by atoms with Crippen LogP contribution in [-0.2, 0) is 0 Å². The van der Waals surface area contributed by atoms with E-state index in [4.69, 9.17) is 0 Å². The first kappa shape index (κ1) is 12.6. The van der Waals surface area contributed by atoms with Gasteiger partial charge in [-0.1, -0.05) is 12.8 Å². The average molecular weight is 300 g/mol. The van der Waals surface area contributed by atoms with Crippen molar-refractivity contribution >= 4 is 21.8 Å². The molecule has 1 saturated carbocycles. The van der Waals surface area contributed by atoms with Crippen LogP contribution in [0, 0.1) is 11.7 Å². The molecule has 1 aromatic rings. The van der Waals surface area contributed by atoms with Crippen molar-refractivity contribution in [3.8, 4) is 0 Å². The zero-order valence-corrected chi connectivity index (χ0v) is 11.3. The summed E-state index contributed by atoms with van der Waals surface area (Å²) in [6, 6.07) is 4.27. The largest absolute Gasteiger partial charge is 0.350 e. The molecule has 0 aliphatic heterocycles. The fourth-order valence-corrected chi connectivity index (χ4v) is 2.42. The highest BCUT2D eigenvalue weighted by atomic mass is 79.9. The Balaban J connectivity index is 1.98. The van der Waals surface area contributed by atoms with Crippen molar-refractivity contribution in [2.75, 3.05) is 0 Å². The third-order valence-electron chi connectivity index (χ3n) is 2.94. The van der Waals surface area contributed by atoms with Crippen molar-refractivity contribution in [2.45, 2.75) is 32.2 Å². The van der Waals surface area contributed by atoms with Gasteiger partial charge >= 0.3 is 0 Å². The van der Waals surface area contributed by atoms with E-state index in [2.05, 4.69) is 21.2 Å². The summed E-state index contributed by atoms with van der Waals surface area (Å²) >= 11 is 3.20. The molecule has 0 spiro atoms. The van der Waals surface area contributed by atoms with E-state index in [1.54, 1.807) is 0 Å². The molecule has 0 saturated heterocycles. The maximum absolute atomic E-state index is 12.9. The monoisotopic (exact) mass is 299 g/mol. The van der Waals surface area contributed by atoms with Crippen LogP contribution in [0.3, 0.4) is 0 Å². The molecule has 0 aromatic heterocycles. The second-order valence-corrected chi connectivity index (χ2v) is 5.53. The SMILES string of the molecule is CC(CC1CC1)NC(=O)c1ccc(F)cc1Br. The Bertz CT molecular complexity index is 431. The van der Waals surface area contributed by atoms with E-state index in [1.807, 2.05) is 6.92 Å². The van der Waals surface area contributed by atoms with Gasteiger partial charge in [0.05, 0.1) is 5.56 Å². The number of hydrogen-bond donors (Lipinski definition) is 1. The van der Waals surface area contributed by atoms with Gasteiger partial charge in [0.25, 0.3) is 5.91 Å². The standard InChI is InChI=1S/C13H15BrFNO/c1-8(6-9-2-3-9)16-13(17)11-5-4-10(15)7-12(11)14/h4-5,7-9H,2-3,6H2,1H3,(H,16,17). The highest BCUT2D eigenvalue weighted by Crippen LogP contribution is 2.33. The fraction of sp³-hybridized carbons (Fsp3) is 0.462. The van der Waals surface area contributed by atoms with Crippen LogP contribution >= 0.6 is 15.9 Å². The smallest absolute Gasteiger partial charge is 0.252 e. The maximum Gasteiger partial charge on any atom is 0.252 e. The molecule has 0 bridgehead atoms. The highest BCUT2D eigenvalue weighted by molar-refractivity contribution is 9.10. The number of carbonyl (C=O) groups is 1. The van der Waals surface area contributed by atoms with Crippen molar-refractivity contribution in [1.82, 2.24) is 5.32 Å². The molecule has 1 aliphatic rings. The Morgan fingerprint density at radius 1 is 1.59 bits per heavy atom. The first-order valence-electron chi connectivity index (χ1n) is 5.82. The molecule has 1 N–H and O–H groups in total. The molecule has 4 heteroatoms. The van der Waals surface area contributed by atoms with Crippen LogP contribution in [-0.4, -0.2) is 11.9 Å². The lowest BCUT2D eigenvalue weighted by Gasteiger charge is -2.14. The molecule has 1 unspecified atom stereocenters. The lowest BCUT2D eigenvalue weighted by molar-refractivity contribution is 0.0936. The van der Waals surface area contributed by atoms with Gasteiger partial charge < -0.3 is 5.32 Å². The molecule has 0 radical (unpaired) electrons. The minimum absolute atomic E-state index is 0.148. The topological polar surface area (TPSA) is 29.1 Å². The van der Waals surface area contributed by atoms with Crippen molar-refractivity contribution in [2.24, 2.45) is 5.92 Å². The second kappa shape index (κ2) is 5.17. The van der Waals surface area contributed by atoms with E-state index in [0.717, 1.165) is 12.3 Å². The molecule has 1 fully saturated rings. The Morgan fingerprint density at radius 3 is 2.88 bits per heavy atom. The van der Waals surface area contributed by atoms with Crippen molar-refractivity contribution in [3.05, 3.63) is 34.1 Å². The Labute approximate surface area is 109 Å². The van der Waals surface area contributed by atoms with Gasteiger partial charge in [-0.3, -0.25) is 4.79 Å². The van der Waals surface area contributed by atoms with Gasteiger partial charge in [-0.15, -0.1) is 0 Å². The molecular weight excluding hydrogens is 285 g/mol. The zero-order chi connectivity index (χ0) is 12.4. The first-order valence-corrected chi connectivity index (χ1v) is 6.61. The van der Waals surface area contributed by atoms with Crippen molar-refractivity contribution < 1.29 is 9.18 Å². The molecule has 1 aromatic carbocycles. The summed E-state index contributed by atoms with van der Waals surface area (Å²) in [5, 5.41) is 2.94. The minimum atomic E-state index is -0.348. The third kappa shape index (κ3) is 3.53. The summed E-state index contributed by atoms with van der Waals surface area (Å²) in [4.78, 5) is 11.9. The molecular formula is C13H15BrFNO. The fourth-order valence-electron chi connectivity index (χ4n) is 1.89. The minimum Gasteiger partial charge on any atom is -0.350 e. The quantitative estimate of drug-likeness (QED) is 0.906. The van der Waals surface area contributed by atoms with Crippen LogP contribution in [0.5, 0.6) is 0 Å². The molecule has 1 amide bonds. The predicted octanol–water partition coefficient (Wildman–Crippen LogP) is 3.51. The van der Waals surface area contributed by atoms with E-state index in [-0.39, 0.29) is 17.8 Å². The van der Waals surface area contributed by atoms with E-state index in [1.165, 1.54) is 31.0 Å². The normalized spacial score (nSPS) is 16.6. The van der Waals surface area contributed by atoms with E-state index < -0.39 is 0 Å². The maximum atomic E-state index is 12.9. The lowest BCUT2D eigenvalue weighted by Crippen LogP contribution is -2.33. The molecule has 1 atom stereocenters. The summed E-state index contributed by atoms with van der Waals surface area (Å²) < 4.78 is 13.4. The van der Waals surface area contributed by atoms with Crippen LogP contribution in [0.4, 0.5) is 4.39 Å².